The molecule has 0 radical (unpaired) electrons. The van der Waals surface area contributed by atoms with E-state index in [4.69, 9.17) is 9.97 Å². The first kappa shape index (κ1) is 22.2. The predicted octanol–water partition coefficient (Wildman–Crippen LogP) is 8.93. The van der Waals surface area contributed by atoms with E-state index in [1.165, 1.54) is 38.0 Å². The van der Waals surface area contributed by atoms with Crippen LogP contribution in [-0.4, -0.2) is 31.9 Å². The smallest absolute Gasteiger partial charge is 0.157 e. The molecule has 0 aliphatic heterocycles. The quantitative estimate of drug-likeness (QED) is 0.216. The maximum Gasteiger partial charge on any atom is 0.157 e. The molecular weight excluding hydrogens is 504 g/mol. The van der Waals surface area contributed by atoms with Crippen molar-refractivity contribution in [2.45, 2.75) is 6.92 Å². The molecule has 0 bridgehead atoms. The standard InChI is InChI=1S/C35H22N6/c1-3-37-32-24(36-2)16-17-25-33(32)39-29(19-38-25)41-28-18-15-20-9-8-12-22-21-10-4-6-13-26(21)40-27-14-7-5-11-23(27)34(41)35(40)31(28)30(20)22/h3-19H,2H2,1H3/b37-3-. The zero-order valence-electron chi connectivity index (χ0n) is 22.2. The highest BCUT2D eigenvalue weighted by Crippen LogP contribution is 2.45. The Bertz CT molecular complexity index is 2570. The Labute approximate surface area is 233 Å². The van der Waals surface area contributed by atoms with Crippen LogP contribution in [0.1, 0.15) is 6.92 Å². The van der Waals surface area contributed by atoms with Crippen molar-refractivity contribution < 1.29 is 0 Å². The maximum absolute atomic E-state index is 5.22. The molecule has 0 atom stereocenters. The van der Waals surface area contributed by atoms with Gasteiger partial charge in [-0.25, -0.2) is 4.98 Å². The highest BCUT2D eigenvalue weighted by molar-refractivity contribution is 6.33. The number of aliphatic imine (C=N–C) groups is 2. The molecule has 0 aliphatic rings. The monoisotopic (exact) mass is 526 g/mol. The number of benzene rings is 5. The van der Waals surface area contributed by atoms with Gasteiger partial charge in [0.2, 0.25) is 0 Å². The van der Waals surface area contributed by atoms with E-state index in [9.17, 15) is 0 Å². The number of hydrogen-bond donors (Lipinski definition) is 0. The van der Waals surface area contributed by atoms with Gasteiger partial charge in [0.1, 0.15) is 11.2 Å². The summed E-state index contributed by atoms with van der Waals surface area (Å²) in [7, 11) is 0. The van der Waals surface area contributed by atoms with Gasteiger partial charge in [0.05, 0.1) is 45.0 Å². The first-order valence-corrected chi connectivity index (χ1v) is 13.6. The van der Waals surface area contributed by atoms with Crippen molar-refractivity contribution in [3.63, 3.8) is 0 Å². The van der Waals surface area contributed by atoms with Crippen molar-refractivity contribution in [3.8, 4) is 5.82 Å². The van der Waals surface area contributed by atoms with Crippen LogP contribution in [0.4, 0.5) is 11.4 Å². The summed E-state index contributed by atoms with van der Waals surface area (Å²) in [6.45, 7) is 5.64. The van der Waals surface area contributed by atoms with Gasteiger partial charge in [0.15, 0.2) is 5.82 Å². The van der Waals surface area contributed by atoms with Crippen LogP contribution in [0.25, 0.3) is 76.8 Å². The van der Waals surface area contributed by atoms with E-state index in [1.54, 1.807) is 6.21 Å². The van der Waals surface area contributed by atoms with Crippen LogP contribution in [0, 0.1) is 0 Å². The summed E-state index contributed by atoms with van der Waals surface area (Å²) in [5.41, 5.74) is 8.54. The maximum atomic E-state index is 5.22. The highest BCUT2D eigenvalue weighted by Gasteiger charge is 2.25. The molecule has 0 fully saturated rings. The fourth-order valence-electron chi connectivity index (χ4n) is 6.74. The van der Waals surface area contributed by atoms with Crippen molar-refractivity contribution >= 4 is 95.2 Å². The van der Waals surface area contributed by atoms with Crippen molar-refractivity contribution in [1.29, 1.82) is 0 Å². The third kappa shape index (κ3) is 2.76. The third-order valence-corrected chi connectivity index (χ3v) is 8.32. The molecule has 9 aromatic rings. The van der Waals surface area contributed by atoms with Gasteiger partial charge >= 0.3 is 0 Å². The van der Waals surface area contributed by atoms with Gasteiger partial charge in [-0.15, -0.1) is 0 Å². The molecule has 0 spiro atoms. The lowest BCUT2D eigenvalue weighted by atomic mass is 10.0. The fourth-order valence-corrected chi connectivity index (χ4v) is 6.74. The van der Waals surface area contributed by atoms with E-state index in [0.717, 1.165) is 33.3 Å². The van der Waals surface area contributed by atoms with Gasteiger partial charge in [-0.2, -0.15) is 0 Å². The summed E-state index contributed by atoms with van der Waals surface area (Å²) in [5, 5.41) is 7.32. The second kappa shape index (κ2) is 7.96. The van der Waals surface area contributed by atoms with Crippen LogP contribution in [0.15, 0.2) is 107 Å². The highest BCUT2D eigenvalue weighted by atomic mass is 15.1. The van der Waals surface area contributed by atoms with Gasteiger partial charge in [-0.1, -0.05) is 60.7 Å². The molecule has 0 saturated carbocycles. The Kier molecular flexibility index (Phi) is 4.31. The van der Waals surface area contributed by atoms with Gasteiger partial charge in [-0.3, -0.25) is 19.5 Å². The number of nitrogens with zero attached hydrogens (tertiary/aromatic N) is 6. The Morgan fingerprint density at radius 3 is 2.34 bits per heavy atom. The minimum Gasteiger partial charge on any atom is -0.306 e. The van der Waals surface area contributed by atoms with Crippen LogP contribution >= 0.6 is 0 Å². The normalized spacial score (nSPS) is 12.5. The Morgan fingerprint density at radius 2 is 1.51 bits per heavy atom. The number of fused-ring (bicyclic) bond motifs is 7. The molecule has 0 unspecified atom stereocenters. The first-order chi connectivity index (χ1) is 20.3. The van der Waals surface area contributed by atoms with E-state index in [2.05, 4.69) is 105 Å². The van der Waals surface area contributed by atoms with Crippen molar-refractivity contribution in [2.24, 2.45) is 9.98 Å². The van der Waals surface area contributed by atoms with Crippen LogP contribution in [0.2, 0.25) is 0 Å². The second-order valence-electron chi connectivity index (χ2n) is 10.3. The summed E-state index contributed by atoms with van der Waals surface area (Å²) in [4.78, 5) is 18.9. The minimum absolute atomic E-state index is 0.673. The second-order valence-corrected chi connectivity index (χ2v) is 10.3. The van der Waals surface area contributed by atoms with Crippen LogP contribution in [-0.2, 0) is 0 Å². The summed E-state index contributed by atoms with van der Waals surface area (Å²) < 4.78 is 4.70. The predicted molar refractivity (Wildman–Crippen MR) is 172 cm³/mol. The van der Waals surface area contributed by atoms with E-state index in [0.29, 0.717) is 16.9 Å². The molecule has 6 nitrogen and oxygen atoms in total. The van der Waals surface area contributed by atoms with Gasteiger partial charge in [0, 0.05) is 27.8 Å². The minimum atomic E-state index is 0.673. The molecule has 0 amide bonds. The Morgan fingerprint density at radius 1 is 0.732 bits per heavy atom. The molecular formula is C35H22N6. The van der Waals surface area contributed by atoms with E-state index in [-0.39, 0.29) is 0 Å². The summed E-state index contributed by atoms with van der Waals surface area (Å²) in [6, 6.07) is 32.2. The fraction of sp³-hybridized carbons (Fsp3) is 0.0286. The lowest BCUT2D eigenvalue weighted by molar-refractivity contribution is 1.08. The molecule has 6 heteroatoms. The summed E-state index contributed by atoms with van der Waals surface area (Å²) in [6.07, 6.45) is 3.62. The topological polar surface area (TPSA) is 59.8 Å². The van der Waals surface area contributed by atoms with Crippen LogP contribution in [0.3, 0.4) is 0 Å². The molecule has 9 rings (SSSR count). The number of hydrogen-bond acceptors (Lipinski definition) is 4. The molecule has 41 heavy (non-hydrogen) atoms. The van der Waals surface area contributed by atoms with Crippen LogP contribution < -0.4 is 0 Å². The van der Waals surface area contributed by atoms with Crippen molar-refractivity contribution in [1.82, 2.24) is 18.9 Å². The number of para-hydroxylation sites is 2. The lowest BCUT2D eigenvalue weighted by Gasteiger charge is -2.10. The first-order valence-electron chi connectivity index (χ1n) is 13.6. The molecule has 0 saturated heterocycles. The average molecular weight is 527 g/mol. The van der Waals surface area contributed by atoms with E-state index < -0.39 is 0 Å². The largest absolute Gasteiger partial charge is 0.306 e. The molecule has 4 heterocycles. The van der Waals surface area contributed by atoms with Crippen molar-refractivity contribution in [3.05, 3.63) is 97.2 Å². The average Bonchev–Trinajstić information content (AvgIpc) is 3.49. The Hall–Kier alpha value is -5.62. The van der Waals surface area contributed by atoms with E-state index >= 15 is 0 Å². The molecule has 0 N–H and O–H groups in total. The molecule has 192 valence electrons. The lowest BCUT2D eigenvalue weighted by Crippen LogP contribution is -1.99. The molecule has 5 aromatic carbocycles. The van der Waals surface area contributed by atoms with Gasteiger partial charge in [0.25, 0.3) is 0 Å². The van der Waals surface area contributed by atoms with Gasteiger partial charge in [-0.05, 0) is 54.7 Å². The number of aromatic nitrogens is 4. The third-order valence-electron chi connectivity index (χ3n) is 8.32. The summed E-state index contributed by atoms with van der Waals surface area (Å²) in [5.74, 6) is 0.736. The number of rotatable bonds is 3. The molecule has 0 aliphatic carbocycles. The zero-order chi connectivity index (χ0) is 27.2. The molecule has 4 aromatic heterocycles. The van der Waals surface area contributed by atoms with Crippen LogP contribution in [0.5, 0.6) is 0 Å². The summed E-state index contributed by atoms with van der Waals surface area (Å²) >= 11 is 0. The SMILES string of the molecule is C=Nc1ccc2ncc(-n3c4ccc5cccc6c7ccccc7n7c8ccccc8c3c7c4c56)nc2c1/N=C\C. The van der Waals surface area contributed by atoms with Gasteiger partial charge < -0.3 is 4.40 Å². The Balaban J connectivity index is 1.58. The van der Waals surface area contributed by atoms with Crippen molar-refractivity contribution in [2.75, 3.05) is 0 Å². The zero-order valence-corrected chi connectivity index (χ0v) is 22.2. The van der Waals surface area contributed by atoms with E-state index in [1.807, 2.05) is 25.3 Å².